The summed E-state index contributed by atoms with van der Waals surface area (Å²) in [5.41, 5.74) is 2.84. The van der Waals surface area contributed by atoms with E-state index in [4.69, 9.17) is 5.21 Å². The Balaban J connectivity index is 1.46. The van der Waals surface area contributed by atoms with Crippen LogP contribution in [0.4, 0.5) is 4.79 Å². The zero-order valence-corrected chi connectivity index (χ0v) is 16.8. The Bertz CT molecular complexity index is 1180. The molecule has 0 bridgehead atoms. The number of carbonyl (C=O) groups is 1. The number of nitrogens with zero attached hydrogens (tertiary/aromatic N) is 5. The number of H-pyrrole nitrogens is 2. The standard InChI is InChI=1S/C20H25N7O3/c1-12-3-7-26(20(29)25-8-4-13(24-30)5-9-25)11-16(12)27-17-14-2-6-21-18(14)22-10-15(17)23-19(27)28/h2,6,10,12,16,30H,3-5,7-9,11H2,1H3,(H,21,22)(H,23,28)/t12-,16+/m0/s1. The molecule has 30 heavy (non-hydrogen) atoms. The predicted molar refractivity (Wildman–Crippen MR) is 112 cm³/mol. The molecule has 2 amide bonds. The van der Waals surface area contributed by atoms with Gasteiger partial charge in [0.15, 0.2) is 0 Å². The third-order valence-electron chi connectivity index (χ3n) is 6.53. The summed E-state index contributed by atoms with van der Waals surface area (Å²) in [4.78, 5) is 40.1. The van der Waals surface area contributed by atoms with Gasteiger partial charge >= 0.3 is 11.7 Å². The first-order valence-corrected chi connectivity index (χ1v) is 10.4. The van der Waals surface area contributed by atoms with E-state index in [1.165, 1.54) is 0 Å². The number of imidazole rings is 1. The summed E-state index contributed by atoms with van der Waals surface area (Å²) in [7, 11) is 0. The summed E-state index contributed by atoms with van der Waals surface area (Å²) in [5, 5.41) is 13.1. The Kier molecular flexibility index (Phi) is 4.48. The fourth-order valence-corrected chi connectivity index (χ4v) is 4.75. The molecule has 5 heterocycles. The molecule has 158 valence electrons. The molecule has 0 radical (unpaired) electrons. The molecule has 0 aliphatic carbocycles. The fraction of sp³-hybridized carbons (Fsp3) is 0.500. The first-order chi connectivity index (χ1) is 14.6. The average Bonchev–Trinajstić information content (AvgIpc) is 3.37. The van der Waals surface area contributed by atoms with Gasteiger partial charge in [0.25, 0.3) is 0 Å². The summed E-state index contributed by atoms with van der Waals surface area (Å²) in [6, 6.07) is 1.80. The monoisotopic (exact) mass is 411 g/mol. The van der Waals surface area contributed by atoms with E-state index in [1.54, 1.807) is 6.20 Å². The maximum atomic E-state index is 13.1. The molecule has 2 aliphatic rings. The van der Waals surface area contributed by atoms with Crippen LogP contribution in [0.1, 0.15) is 32.2 Å². The number of likely N-dealkylation sites (tertiary alicyclic amines) is 2. The molecule has 10 heteroatoms. The SMILES string of the molecule is C[C@H]1CCN(C(=O)N2CCC(=NO)CC2)C[C@H]1n1c(=O)[nH]c2cnc3[nH]ccc3c21. The Hall–Kier alpha value is -3.30. The number of urea groups is 1. The van der Waals surface area contributed by atoms with Crippen LogP contribution in [-0.2, 0) is 0 Å². The molecular formula is C20H25N7O3. The van der Waals surface area contributed by atoms with E-state index < -0.39 is 0 Å². The number of rotatable bonds is 1. The van der Waals surface area contributed by atoms with Crippen LogP contribution in [0.25, 0.3) is 22.1 Å². The van der Waals surface area contributed by atoms with Crippen LogP contribution in [0, 0.1) is 5.92 Å². The molecule has 2 atom stereocenters. The van der Waals surface area contributed by atoms with E-state index in [-0.39, 0.29) is 23.7 Å². The number of fused-ring (bicyclic) bond motifs is 3. The van der Waals surface area contributed by atoms with Crippen molar-refractivity contribution in [3.63, 3.8) is 0 Å². The van der Waals surface area contributed by atoms with Gasteiger partial charge in [0.2, 0.25) is 0 Å². The maximum absolute atomic E-state index is 13.1. The molecule has 0 saturated carbocycles. The first kappa shape index (κ1) is 18.7. The van der Waals surface area contributed by atoms with Crippen LogP contribution in [0.3, 0.4) is 0 Å². The Morgan fingerprint density at radius 3 is 2.83 bits per heavy atom. The second-order valence-corrected chi connectivity index (χ2v) is 8.28. The molecule has 2 fully saturated rings. The molecular weight excluding hydrogens is 386 g/mol. The number of oxime groups is 1. The van der Waals surface area contributed by atoms with Gasteiger partial charge in [-0.05, 0) is 18.4 Å². The highest BCUT2D eigenvalue weighted by Gasteiger charge is 2.34. The molecule has 0 aromatic carbocycles. The van der Waals surface area contributed by atoms with Crippen LogP contribution in [-0.4, -0.2) is 72.4 Å². The van der Waals surface area contributed by atoms with Gasteiger partial charge in [-0.25, -0.2) is 14.6 Å². The lowest BCUT2D eigenvalue weighted by Gasteiger charge is -2.40. The minimum atomic E-state index is -0.173. The van der Waals surface area contributed by atoms with E-state index in [2.05, 4.69) is 27.0 Å². The topological polar surface area (TPSA) is 123 Å². The van der Waals surface area contributed by atoms with Crippen LogP contribution >= 0.6 is 0 Å². The fourth-order valence-electron chi connectivity index (χ4n) is 4.75. The van der Waals surface area contributed by atoms with Crippen molar-refractivity contribution >= 4 is 33.8 Å². The molecule has 0 unspecified atom stereocenters. The lowest BCUT2D eigenvalue weighted by Crippen LogP contribution is -2.52. The highest BCUT2D eigenvalue weighted by molar-refractivity contribution is 6.01. The third kappa shape index (κ3) is 2.94. The van der Waals surface area contributed by atoms with Crippen molar-refractivity contribution in [3.8, 4) is 0 Å². The smallest absolute Gasteiger partial charge is 0.326 e. The second-order valence-electron chi connectivity index (χ2n) is 8.28. The average molecular weight is 411 g/mol. The first-order valence-electron chi connectivity index (χ1n) is 10.4. The number of aromatic nitrogens is 4. The Labute approximate surface area is 172 Å². The summed E-state index contributed by atoms with van der Waals surface area (Å²) < 4.78 is 1.81. The summed E-state index contributed by atoms with van der Waals surface area (Å²) in [6.45, 7) is 4.40. The van der Waals surface area contributed by atoms with E-state index in [0.717, 1.165) is 28.7 Å². The van der Waals surface area contributed by atoms with Gasteiger partial charge in [0.1, 0.15) is 5.65 Å². The van der Waals surface area contributed by atoms with Crippen molar-refractivity contribution in [1.29, 1.82) is 0 Å². The zero-order valence-electron chi connectivity index (χ0n) is 16.8. The predicted octanol–water partition coefficient (Wildman–Crippen LogP) is 2.13. The lowest BCUT2D eigenvalue weighted by atomic mass is 9.93. The maximum Gasteiger partial charge on any atom is 0.326 e. The van der Waals surface area contributed by atoms with Crippen LogP contribution in [0.15, 0.2) is 28.4 Å². The number of hydrogen-bond donors (Lipinski definition) is 3. The van der Waals surface area contributed by atoms with Crippen molar-refractivity contribution in [2.45, 2.75) is 32.2 Å². The molecule has 2 aliphatic heterocycles. The minimum absolute atomic E-state index is 0.00904. The number of carbonyl (C=O) groups excluding carboxylic acids is 1. The van der Waals surface area contributed by atoms with Crippen molar-refractivity contribution in [1.82, 2.24) is 29.3 Å². The molecule has 2 saturated heterocycles. The van der Waals surface area contributed by atoms with Gasteiger partial charge < -0.3 is 25.0 Å². The van der Waals surface area contributed by atoms with E-state index in [9.17, 15) is 9.59 Å². The quantitative estimate of drug-likeness (QED) is 0.419. The number of pyridine rings is 1. The number of amides is 2. The number of nitrogens with one attached hydrogen (secondary N) is 2. The molecule has 3 aromatic heterocycles. The number of hydrogen-bond acceptors (Lipinski definition) is 5. The molecule has 0 spiro atoms. The van der Waals surface area contributed by atoms with Gasteiger partial charge in [0, 0.05) is 50.6 Å². The summed E-state index contributed by atoms with van der Waals surface area (Å²) in [5.74, 6) is 0.252. The van der Waals surface area contributed by atoms with Crippen molar-refractivity contribution in [3.05, 3.63) is 28.9 Å². The molecule has 5 rings (SSSR count). The Morgan fingerprint density at radius 2 is 2.07 bits per heavy atom. The van der Waals surface area contributed by atoms with Crippen LogP contribution in [0.5, 0.6) is 0 Å². The highest BCUT2D eigenvalue weighted by atomic mass is 16.4. The van der Waals surface area contributed by atoms with Gasteiger partial charge in [-0.3, -0.25) is 4.57 Å². The van der Waals surface area contributed by atoms with Crippen LogP contribution < -0.4 is 5.69 Å². The molecule has 10 nitrogen and oxygen atoms in total. The van der Waals surface area contributed by atoms with E-state index >= 15 is 0 Å². The van der Waals surface area contributed by atoms with Crippen molar-refractivity contribution in [2.24, 2.45) is 11.1 Å². The lowest BCUT2D eigenvalue weighted by molar-refractivity contribution is 0.111. The van der Waals surface area contributed by atoms with Crippen molar-refractivity contribution < 1.29 is 10.0 Å². The largest absolute Gasteiger partial charge is 0.411 e. The molecule has 3 N–H and O–H groups in total. The normalized spacial score (nSPS) is 22.8. The van der Waals surface area contributed by atoms with Gasteiger partial charge in [-0.15, -0.1) is 0 Å². The second kappa shape index (κ2) is 7.19. The van der Waals surface area contributed by atoms with Crippen molar-refractivity contribution in [2.75, 3.05) is 26.2 Å². The van der Waals surface area contributed by atoms with Gasteiger partial charge in [-0.1, -0.05) is 12.1 Å². The Morgan fingerprint density at radius 1 is 1.27 bits per heavy atom. The van der Waals surface area contributed by atoms with E-state index in [0.29, 0.717) is 44.5 Å². The summed E-state index contributed by atoms with van der Waals surface area (Å²) >= 11 is 0. The summed E-state index contributed by atoms with van der Waals surface area (Å²) in [6.07, 6.45) is 5.51. The number of piperidine rings is 2. The highest BCUT2D eigenvalue weighted by Crippen LogP contribution is 2.32. The van der Waals surface area contributed by atoms with E-state index in [1.807, 2.05) is 26.6 Å². The van der Waals surface area contributed by atoms with Crippen LogP contribution in [0.2, 0.25) is 0 Å². The zero-order chi connectivity index (χ0) is 20.8. The molecule has 3 aromatic rings. The minimum Gasteiger partial charge on any atom is -0.411 e. The van der Waals surface area contributed by atoms with Gasteiger partial charge in [0.05, 0.1) is 29.0 Å². The number of aromatic amines is 2. The third-order valence-corrected chi connectivity index (χ3v) is 6.53. The van der Waals surface area contributed by atoms with Gasteiger partial charge in [-0.2, -0.15) is 0 Å².